The van der Waals surface area contributed by atoms with Crippen LogP contribution < -0.4 is 5.32 Å². The van der Waals surface area contributed by atoms with Crippen LogP contribution in [-0.2, 0) is 0 Å². The summed E-state index contributed by atoms with van der Waals surface area (Å²) in [4.78, 5) is 9.21. The minimum absolute atomic E-state index is 0.593. The third kappa shape index (κ3) is 1.53. The molecule has 1 heterocycles. The van der Waals surface area contributed by atoms with Crippen molar-refractivity contribution in [2.75, 3.05) is 0 Å². The molecule has 0 aliphatic carbocycles. The lowest BCUT2D eigenvalue weighted by Crippen LogP contribution is -2.32. The van der Waals surface area contributed by atoms with Crippen molar-refractivity contribution in [1.29, 1.82) is 0 Å². The first-order valence-corrected chi connectivity index (χ1v) is 2.77. The summed E-state index contributed by atoms with van der Waals surface area (Å²) >= 11 is 0. The van der Waals surface area contributed by atoms with E-state index >= 15 is 0 Å². The standard InChI is InChI=1S/C5H5FN2O3/c6-3-1-4(8(10)11)5(9)7-2-3/h1-2,5,7,9H. The molecule has 5 nitrogen and oxygen atoms in total. The number of nitrogens with one attached hydrogen (secondary N) is 1. The molecule has 2 N–H and O–H groups in total. The fourth-order valence-electron chi connectivity index (χ4n) is 0.658. The highest BCUT2D eigenvalue weighted by molar-refractivity contribution is 5.20. The van der Waals surface area contributed by atoms with Crippen molar-refractivity contribution in [2.24, 2.45) is 0 Å². The molecule has 0 saturated heterocycles. The number of dihydropyridines is 1. The van der Waals surface area contributed by atoms with Crippen LogP contribution in [-0.4, -0.2) is 16.3 Å². The van der Waals surface area contributed by atoms with Crippen molar-refractivity contribution in [2.45, 2.75) is 6.23 Å². The molecule has 6 heteroatoms. The molecule has 1 aliphatic rings. The number of aliphatic hydroxyl groups is 1. The van der Waals surface area contributed by atoms with Crippen molar-refractivity contribution >= 4 is 0 Å². The Morgan fingerprint density at radius 3 is 2.91 bits per heavy atom. The van der Waals surface area contributed by atoms with E-state index in [1.807, 2.05) is 0 Å². The van der Waals surface area contributed by atoms with Gasteiger partial charge in [-0.25, -0.2) is 4.39 Å². The van der Waals surface area contributed by atoms with E-state index in [-0.39, 0.29) is 0 Å². The third-order valence-corrected chi connectivity index (χ3v) is 1.16. The predicted molar refractivity (Wildman–Crippen MR) is 33.4 cm³/mol. The summed E-state index contributed by atoms with van der Waals surface area (Å²) < 4.78 is 12.3. The molecule has 0 aromatic rings. The Balaban J connectivity index is 2.90. The van der Waals surface area contributed by atoms with Crippen molar-refractivity contribution in [1.82, 2.24) is 5.32 Å². The van der Waals surface area contributed by atoms with E-state index in [4.69, 9.17) is 5.11 Å². The maximum absolute atomic E-state index is 12.3. The fraction of sp³-hybridized carbons (Fsp3) is 0.200. The average Bonchev–Trinajstić information content (AvgIpc) is 1.94. The van der Waals surface area contributed by atoms with Gasteiger partial charge in [-0.1, -0.05) is 0 Å². The number of rotatable bonds is 1. The Morgan fingerprint density at radius 1 is 1.82 bits per heavy atom. The van der Waals surface area contributed by atoms with Crippen molar-refractivity contribution in [3.8, 4) is 0 Å². The van der Waals surface area contributed by atoms with Crippen LogP contribution in [0.15, 0.2) is 23.8 Å². The first-order chi connectivity index (χ1) is 5.11. The lowest BCUT2D eigenvalue weighted by atomic mass is 10.3. The maximum Gasteiger partial charge on any atom is 0.297 e. The summed E-state index contributed by atoms with van der Waals surface area (Å²) in [7, 11) is 0. The van der Waals surface area contributed by atoms with Gasteiger partial charge in [0, 0.05) is 6.20 Å². The van der Waals surface area contributed by atoms with Gasteiger partial charge in [0.2, 0.25) is 6.23 Å². The van der Waals surface area contributed by atoms with Gasteiger partial charge in [0.1, 0.15) is 5.83 Å². The highest BCUT2D eigenvalue weighted by Crippen LogP contribution is 2.11. The van der Waals surface area contributed by atoms with Crippen LogP contribution in [0, 0.1) is 10.1 Å². The number of hydrogen-bond acceptors (Lipinski definition) is 4. The quantitative estimate of drug-likeness (QED) is 0.414. The number of halogens is 1. The van der Waals surface area contributed by atoms with E-state index in [0.717, 1.165) is 6.20 Å². The third-order valence-electron chi connectivity index (χ3n) is 1.16. The van der Waals surface area contributed by atoms with Gasteiger partial charge in [-0.15, -0.1) is 0 Å². The van der Waals surface area contributed by atoms with Crippen LogP contribution in [0.2, 0.25) is 0 Å². The van der Waals surface area contributed by atoms with Crippen LogP contribution in [0.3, 0.4) is 0 Å². The summed E-state index contributed by atoms with van der Waals surface area (Å²) in [6.45, 7) is 0. The van der Waals surface area contributed by atoms with Gasteiger partial charge < -0.3 is 10.4 Å². The molecule has 0 saturated carbocycles. The first kappa shape index (κ1) is 7.67. The molecule has 0 radical (unpaired) electrons. The van der Waals surface area contributed by atoms with Crippen LogP contribution in [0.5, 0.6) is 0 Å². The number of aliphatic hydroxyl groups excluding tert-OH is 1. The second kappa shape index (κ2) is 2.67. The number of nitro groups is 1. The van der Waals surface area contributed by atoms with Crippen molar-refractivity contribution < 1.29 is 14.4 Å². The van der Waals surface area contributed by atoms with Crippen LogP contribution in [0.4, 0.5) is 4.39 Å². The second-order valence-electron chi connectivity index (χ2n) is 1.92. The van der Waals surface area contributed by atoms with Crippen LogP contribution >= 0.6 is 0 Å². The molecule has 0 spiro atoms. The van der Waals surface area contributed by atoms with Gasteiger partial charge in [-0.2, -0.15) is 0 Å². The molecule has 1 aliphatic heterocycles. The summed E-state index contributed by atoms with van der Waals surface area (Å²) in [6.07, 6.45) is 0.100. The highest BCUT2D eigenvalue weighted by atomic mass is 19.1. The molecule has 0 bridgehead atoms. The molecule has 1 atom stereocenters. The molecular weight excluding hydrogens is 155 g/mol. The summed E-state index contributed by atoms with van der Waals surface area (Å²) in [6, 6.07) is 0. The zero-order valence-corrected chi connectivity index (χ0v) is 5.32. The zero-order valence-electron chi connectivity index (χ0n) is 5.32. The molecular formula is C5H5FN2O3. The van der Waals surface area contributed by atoms with Gasteiger partial charge in [0.25, 0.3) is 5.70 Å². The first-order valence-electron chi connectivity index (χ1n) is 2.77. The van der Waals surface area contributed by atoms with E-state index in [1.165, 1.54) is 0 Å². The Bertz CT molecular complexity index is 248. The van der Waals surface area contributed by atoms with E-state index in [1.54, 1.807) is 0 Å². The minimum atomic E-state index is -1.43. The molecule has 11 heavy (non-hydrogen) atoms. The normalized spacial score (nSPS) is 23.3. The minimum Gasteiger partial charge on any atom is -0.365 e. The second-order valence-corrected chi connectivity index (χ2v) is 1.92. The Morgan fingerprint density at radius 2 is 2.45 bits per heavy atom. The summed E-state index contributed by atoms with van der Waals surface area (Å²) in [5.41, 5.74) is -0.593. The lowest BCUT2D eigenvalue weighted by Gasteiger charge is -2.10. The number of hydrogen-bond donors (Lipinski definition) is 2. The van der Waals surface area contributed by atoms with Crippen molar-refractivity contribution in [3.05, 3.63) is 33.9 Å². The maximum atomic E-state index is 12.3. The molecule has 60 valence electrons. The molecule has 0 aromatic heterocycles. The highest BCUT2D eigenvalue weighted by Gasteiger charge is 2.24. The zero-order chi connectivity index (χ0) is 8.43. The molecule has 1 rings (SSSR count). The predicted octanol–water partition coefficient (Wildman–Crippen LogP) is -0.121. The van der Waals surface area contributed by atoms with Gasteiger partial charge in [0.15, 0.2) is 0 Å². The topological polar surface area (TPSA) is 75.4 Å². The van der Waals surface area contributed by atoms with E-state index < -0.39 is 22.7 Å². The van der Waals surface area contributed by atoms with E-state index in [9.17, 15) is 14.5 Å². The largest absolute Gasteiger partial charge is 0.365 e. The van der Waals surface area contributed by atoms with Gasteiger partial charge in [0.05, 0.1) is 11.0 Å². The van der Waals surface area contributed by atoms with Crippen LogP contribution in [0.25, 0.3) is 0 Å². The Labute approximate surface area is 61.0 Å². The van der Waals surface area contributed by atoms with E-state index in [0.29, 0.717) is 6.08 Å². The number of nitrogens with zero attached hydrogens (tertiary/aromatic N) is 1. The monoisotopic (exact) mass is 160 g/mol. The van der Waals surface area contributed by atoms with Gasteiger partial charge in [-0.05, 0) is 0 Å². The molecule has 0 fully saturated rings. The Hall–Kier alpha value is -1.43. The smallest absolute Gasteiger partial charge is 0.297 e. The summed E-state index contributed by atoms with van der Waals surface area (Å²) in [5.74, 6) is -0.776. The lowest BCUT2D eigenvalue weighted by molar-refractivity contribution is -0.437. The fourth-order valence-corrected chi connectivity index (χ4v) is 0.658. The molecule has 1 unspecified atom stereocenters. The van der Waals surface area contributed by atoms with Gasteiger partial charge in [-0.3, -0.25) is 10.1 Å². The van der Waals surface area contributed by atoms with Gasteiger partial charge >= 0.3 is 0 Å². The van der Waals surface area contributed by atoms with Crippen molar-refractivity contribution in [3.63, 3.8) is 0 Å². The SMILES string of the molecule is O=[N+]([O-])C1=CC(F)=CNC1O. The average molecular weight is 160 g/mol. The van der Waals surface area contributed by atoms with E-state index in [2.05, 4.69) is 5.32 Å². The number of allylic oxidation sites excluding steroid dienone is 2. The summed E-state index contributed by atoms with van der Waals surface area (Å²) in [5, 5.41) is 21.0. The molecule has 0 amide bonds. The Kier molecular flexibility index (Phi) is 1.86. The molecule has 0 aromatic carbocycles. The van der Waals surface area contributed by atoms with Crippen LogP contribution in [0.1, 0.15) is 0 Å².